The number of carbonyl (C=O) groups excluding carboxylic acids is 2. The van der Waals surface area contributed by atoms with E-state index in [-0.39, 0.29) is 11.5 Å². The van der Waals surface area contributed by atoms with Crippen LogP contribution in [-0.4, -0.2) is 23.8 Å². The Balaban J connectivity index is 1.66. The maximum atomic E-state index is 13.9. The number of nitro groups is 1. The third kappa shape index (κ3) is 3.95. The second kappa shape index (κ2) is 9.20. The zero-order valence-electron chi connectivity index (χ0n) is 19.4. The SMILES string of the molecule is COC(=O)[C@]1(c2ccccc2)C=C(C(=O)c2ccc3ccccc3c2)[C@H](c2ccc([N+](=O)[O-])cc2)N1. The molecule has 0 bridgehead atoms. The van der Waals surface area contributed by atoms with Crippen molar-refractivity contribution in [1.82, 2.24) is 5.32 Å². The first-order valence-electron chi connectivity index (χ1n) is 11.4. The number of ether oxygens (including phenoxy) is 1. The molecule has 0 aliphatic carbocycles. The van der Waals surface area contributed by atoms with Gasteiger partial charge < -0.3 is 4.74 Å². The van der Waals surface area contributed by atoms with Gasteiger partial charge in [-0.1, -0.05) is 78.9 Å². The van der Waals surface area contributed by atoms with Crippen LogP contribution in [0.5, 0.6) is 0 Å². The molecule has 0 unspecified atom stereocenters. The van der Waals surface area contributed by atoms with E-state index >= 15 is 0 Å². The monoisotopic (exact) mass is 478 g/mol. The summed E-state index contributed by atoms with van der Waals surface area (Å²) in [6.07, 6.45) is 1.62. The lowest BCUT2D eigenvalue weighted by atomic mass is 9.89. The molecular formula is C29H22N2O5. The van der Waals surface area contributed by atoms with Gasteiger partial charge in [0.15, 0.2) is 11.3 Å². The van der Waals surface area contributed by atoms with E-state index < -0.39 is 22.5 Å². The lowest BCUT2D eigenvalue weighted by Gasteiger charge is -2.28. The van der Waals surface area contributed by atoms with Crippen LogP contribution in [0.3, 0.4) is 0 Å². The van der Waals surface area contributed by atoms with Gasteiger partial charge >= 0.3 is 5.97 Å². The molecule has 7 heteroatoms. The maximum absolute atomic E-state index is 13.9. The molecule has 0 amide bonds. The molecule has 2 atom stereocenters. The number of methoxy groups -OCH3 is 1. The standard InChI is InChI=1S/C29H22N2O5/c1-36-28(33)29(23-9-3-2-4-10-23)18-25(26(30-29)20-13-15-24(16-14-20)31(34)35)27(32)22-12-11-19-7-5-6-8-21(19)17-22/h2-18,26,30H,1H3/t26-,29+/m0/s1. The minimum absolute atomic E-state index is 0.0644. The fourth-order valence-electron chi connectivity index (χ4n) is 4.67. The van der Waals surface area contributed by atoms with Crippen LogP contribution in [-0.2, 0) is 15.1 Å². The van der Waals surface area contributed by atoms with E-state index in [9.17, 15) is 19.7 Å². The van der Waals surface area contributed by atoms with Gasteiger partial charge in [0.1, 0.15) is 0 Å². The molecule has 178 valence electrons. The normalized spacial score (nSPS) is 19.0. The van der Waals surface area contributed by atoms with Crippen LogP contribution < -0.4 is 5.32 Å². The Hall–Kier alpha value is -4.62. The summed E-state index contributed by atoms with van der Waals surface area (Å²) in [5.74, 6) is -0.819. The first kappa shape index (κ1) is 23.1. The van der Waals surface area contributed by atoms with Crippen molar-refractivity contribution in [2.45, 2.75) is 11.6 Å². The highest BCUT2D eigenvalue weighted by Crippen LogP contribution is 2.41. The van der Waals surface area contributed by atoms with Gasteiger partial charge in [-0.3, -0.25) is 20.2 Å². The lowest BCUT2D eigenvalue weighted by Crippen LogP contribution is -2.46. The highest BCUT2D eigenvalue weighted by atomic mass is 16.6. The molecule has 0 saturated heterocycles. The Labute approximate surface area is 207 Å². The van der Waals surface area contributed by atoms with E-state index in [1.54, 1.807) is 48.5 Å². The smallest absolute Gasteiger partial charge is 0.334 e. The summed E-state index contributed by atoms with van der Waals surface area (Å²) in [7, 11) is 1.30. The highest BCUT2D eigenvalue weighted by molar-refractivity contribution is 6.12. The quantitative estimate of drug-likeness (QED) is 0.175. The second-order valence-corrected chi connectivity index (χ2v) is 8.58. The summed E-state index contributed by atoms with van der Waals surface area (Å²) < 4.78 is 5.17. The maximum Gasteiger partial charge on any atom is 0.334 e. The molecule has 1 heterocycles. The van der Waals surface area contributed by atoms with E-state index in [0.29, 0.717) is 22.3 Å². The minimum Gasteiger partial charge on any atom is -0.467 e. The number of nitrogens with zero attached hydrogens (tertiary/aromatic N) is 1. The number of benzene rings is 4. The van der Waals surface area contributed by atoms with Gasteiger partial charge in [-0.25, -0.2) is 4.79 Å². The van der Waals surface area contributed by atoms with Crippen LogP contribution in [0.2, 0.25) is 0 Å². The van der Waals surface area contributed by atoms with Gasteiger partial charge in [-0.15, -0.1) is 0 Å². The number of fused-ring (bicyclic) bond motifs is 1. The average molecular weight is 479 g/mol. The van der Waals surface area contributed by atoms with Crippen molar-refractivity contribution in [3.8, 4) is 0 Å². The third-order valence-electron chi connectivity index (χ3n) is 6.50. The van der Waals surface area contributed by atoms with Crippen molar-refractivity contribution >= 4 is 28.2 Å². The molecule has 4 aromatic rings. The van der Waals surface area contributed by atoms with Gasteiger partial charge in [0.25, 0.3) is 5.69 Å². The molecule has 36 heavy (non-hydrogen) atoms. The van der Waals surface area contributed by atoms with Crippen molar-refractivity contribution in [1.29, 1.82) is 0 Å². The third-order valence-corrected chi connectivity index (χ3v) is 6.50. The summed E-state index contributed by atoms with van der Waals surface area (Å²) in [4.78, 5) is 37.8. The Kier molecular flexibility index (Phi) is 5.91. The Morgan fingerprint density at radius 1 is 0.889 bits per heavy atom. The molecule has 0 spiro atoms. The van der Waals surface area contributed by atoms with Crippen molar-refractivity contribution < 1.29 is 19.2 Å². The molecule has 0 radical (unpaired) electrons. The van der Waals surface area contributed by atoms with Gasteiger partial charge in [-0.05, 0) is 34.0 Å². The average Bonchev–Trinajstić information content (AvgIpc) is 3.34. The zero-order chi connectivity index (χ0) is 25.3. The van der Waals surface area contributed by atoms with Crippen LogP contribution in [0.15, 0.2) is 109 Å². The number of carbonyl (C=O) groups is 2. The van der Waals surface area contributed by atoms with Crippen molar-refractivity contribution in [3.63, 3.8) is 0 Å². The first-order valence-corrected chi connectivity index (χ1v) is 11.4. The number of Topliss-reactive ketones (excluding diaryl/α,β-unsaturated/α-hetero) is 1. The summed E-state index contributed by atoms with van der Waals surface area (Å²) in [5, 5.41) is 16.4. The number of nitrogens with one attached hydrogen (secondary N) is 1. The number of hydrogen-bond acceptors (Lipinski definition) is 6. The number of nitro benzene ring substituents is 1. The van der Waals surface area contributed by atoms with Gasteiger partial charge in [0, 0.05) is 23.3 Å². The van der Waals surface area contributed by atoms with Gasteiger partial charge in [0.05, 0.1) is 18.1 Å². The fraction of sp³-hybridized carbons (Fsp3) is 0.103. The van der Waals surface area contributed by atoms with Crippen LogP contribution in [0.25, 0.3) is 10.8 Å². The fourth-order valence-corrected chi connectivity index (χ4v) is 4.67. The topological polar surface area (TPSA) is 98.5 Å². The molecule has 1 N–H and O–H groups in total. The number of ketones is 1. The molecular weight excluding hydrogens is 456 g/mol. The molecule has 0 aromatic heterocycles. The van der Waals surface area contributed by atoms with Crippen molar-refractivity contribution in [2.24, 2.45) is 0 Å². The number of hydrogen-bond donors (Lipinski definition) is 1. The van der Waals surface area contributed by atoms with E-state index in [1.165, 1.54) is 19.2 Å². The van der Waals surface area contributed by atoms with Crippen molar-refractivity contribution in [2.75, 3.05) is 7.11 Å². The lowest BCUT2D eigenvalue weighted by molar-refractivity contribution is -0.384. The van der Waals surface area contributed by atoms with E-state index in [2.05, 4.69) is 5.32 Å². The summed E-state index contributed by atoms with van der Waals surface area (Å²) in [5.41, 5.74) is 0.582. The van der Waals surface area contributed by atoms with Crippen LogP contribution in [0, 0.1) is 10.1 Å². The summed E-state index contributed by atoms with van der Waals surface area (Å²) in [6, 6.07) is 27.5. The van der Waals surface area contributed by atoms with Crippen LogP contribution in [0.4, 0.5) is 5.69 Å². The molecule has 0 saturated carbocycles. The molecule has 7 nitrogen and oxygen atoms in total. The van der Waals surface area contributed by atoms with Gasteiger partial charge in [-0.2, -0.15) is 0 Å². The predicted molar refractivity (Wildman–Crippen MR) is 135 cm³/mol. The van der Waals surface area contributed by atoms with Crippen LogP contribution in [0.1, 0.15) is 27.5 Å². The van der Waals surface area contributed by atoms with E-state index in [4.69, 9.17) is 4.74 Å². The van der Waals surface area contributed by atoms with Crippen molar-refractivity contribution in [3.05, 3.63) is 136 Å². The molecule has 4 aromatic carbocycles. The minimum atomic E-state index is -1.41. The Morgan fingerprint density at radius 3 is 2.22 bits per heavy atom. The van der Waals surface area contributed by atoms with Crippen LogP contribution >= 0.6 is 0 Å². The number of non-ortho nitro benzene ring substituents is 1. The van der Waals surface area contributed by atoms with Gasteiger partial charge in [0.2, 0.25) is 0 Å². The highest BCUT2D eigenvalue weighted by Gasteiger charge is 2.48. The summed E-state index contributed by atoms with van der Waals surface area (Å²) in [6.45, 7) is 0. The Morgan fingerprint density at radius 2 is 1.56 bits per heavy atom. The van der Waals surface area contributed by atoms with E-state index in [0.717, 1.165) is 10.8 Å². The number of rotatable bonds is 6. The second-order valence-electron chi connectivity index (χ2n) is 8.58. The molecule has 1 aliphatic rings. The number of esters is 1. The predicted octanol–water partition coefficient (Wildman–Crippen LogP) is 5.27. The molecule has 5 rings (SSSR count). The largest absolute Gasteiger partial charge is 0.467 e. The molecule has 0 fully saturated rings. The zero-order valence-corrected chi connectivity index (χ0v) is 19.4. The molecule has 1 aliphatic heterocycles. The van der Waals surface area contributed by atoms with E-state index in [1.807, 2.05) is 42.5 Å². The summed E-state index contributed by atoms with van der Waals surface area (Å²) >= 11 is 0. The first-order chi connectivity index (χ1) is 17.4. The Bertz CT molecular complexity index is 1510.